The molecule has 0 aliphatic heterocycles. The van der Waals surface area contributed by atoms with Crippen LogP contribution in [0.3, 0.4) is 0 Å². The molecule has 0 saturated heterocycles. The topological polar surface area (TPSA) is 67.8 Å². The second-order valence-electron chi connectivity index (χ2n) is 7.19. The highest BCUT2D eigenvalue weighted by Gasteiger charge is 2.08. The number of aryl methyl sites for hydroxylation is 1. The molecule has 7 heteroatoms. The number of methoxy groups -OCH3 is 1. The number of thiazole rings is 1. The Morgan fingerprint density at radius 1 is 1.24 bits per heavy atom. The summed E-state index contributed by atoms with van der Waals surface area (Å²) >= 11 is 1.71. The van der Waals surface area contributed by atoms with Gasteiger partial charge in [-0.3, -0.25) is 0 Å². The number of guanidine groups is 1. The zero-order valence-corrected chi connectivity index (χ0v) is 19.1. The molecule has 2 N–H and O–H groups in total. The predicted octanol–water partition coefficient (Wildman–Crippen LogP) is 4.25. The summed E-state index contributed by atoms with van der Waals surface area (Å²) in [5.74, 6) is 2.12. The number of nitrogens with zero attached hydrogens (tertiary/aromatic N) is 2. The Bertz CT molecular complexity index is 774. The number of benzene rings is 1. The molecule has 1 aromatic carbocycles. The van der Waals surface area contributed by atoms with Crippen molar-refractivity contribution in [1.82, 2.24) is 15.6 Å². The lowest BCUT2D eigenvalue weighted by Gasteiger charge is -2.13. The van der Waals surface area contributed by atoms with E-state index in [1.54, 1.807) is 18.4 Å². The average molecular weight is 419 g/mol. The Morgan fingerprint density at radius 2 is 2.07 bits per heavy atom. The molecule has 160 valence electrons. The van der Waals surface area contributed by atoms with Gasteiger partial charge in [0.15, 0.2) is 5.96 Å². The molecule has 0 unspecified atom stereocenters. The fraction of sp³-hybridized carbons (Fsp3) is 0.545. The lowest BCUT2D eigenvalue weighted by molar-refractivity contribution is 0.172. The molecule has 0 radical (unpaired) electrons. The lowest BCUT2D eigenvalue weighted by Crippen LogP contribution is -2.36. The molecule has 0 amide bonds. The summed E-state index contributed by atoms with van der Waals surface area (Å²) in [7, 11) is 1.71. The standard InChI is InChI=1S/C22H34N4O2S/c1-6-23-22(25-14-19-15-29-21(26-19)16(2)3)24-13-18-9-8-17(4)12-20(18)28-11-7-10-27-5/h8-9,12,15-16H,6-7,10-11,13-14H2,1-5H3,(H2,23,24,25). The minimum atomic E-state index is 0.458. The largest absolute Gasteiger partial charge is 0.493 e. The van der Waals surface area contributed by atoms with Gasteiger partial charge in [-0.25, -0.2) is 9.98 Å². The Hall–Kier alpha value is -2.12. The van der Waals surface area contributed by atoms with Crippen molar-refractivity contribution in [2.75, 3.05) is 26.9 Å². The molecule has 0 bridgehead atoms. The van der Waals surface area contributed by atoms with Crippen molar-refractivity contribution in [3.63, 3.8) is 0 Å². The third-order valence-corrected chi connectivity index (χ3v) is 5.42. The number of aromatic nitrogens is 1. The summed E-state index contributed by atoms with van der Waals surface area (Å²) in [5, 5.41) is 9.95. The van der Waals surface area contributed by atoms with Gasteiger partial charge in [-0.1, -0.05) is 26.0 Å². The van der Waals surface area contributed by atoms with Gasteiger partial charge in [0.2, 0.25) is 0 Å². The highest BCUT2D eigenvalue weighted by atomic mass is 32.1. The second kappa shape index (κ2) is 12.4. The van der Waals surface area contributed by atoms with E-state index in [0.717, 1.165) is 35.9 Å². The smallest absolute Gasteiger partial charge is 0.191 e. The van der Waals surface area contributed by atoms with E-state index >= 15 is 0 Å². The van der Waals surface area contributed by atoms with E-state index in [9.17, 15) is 0 Å². The molecular weight excluding hydrogens is 384 g/mol. The first-order chi connectivity index (χ1) is 14.0. The Balaban J connectivity index is 2.00. The van der Waals surface area contributed by atoms with Gasteiger partial charge in [-0.05, 0) is 25.5 Å². The van der Waals surface area contributed by atoms with Crippen molar-refractivity contribution in [2.24, 2.45) is 4.99 Å². The molecule has 2 rings (SSSR count). The minimum absolute atomic E-state index is 0.458. The van der Waals surface area contributed by atoms with Gasteiger partial charge in [0.1, 0.15) is 5.75 Å². The maximum atomic E-state index is 5.97. The van der Waals surface area contributed by atoms with Crippen LogP contribution in [0.15, 0.2) is 28.6 Å². The van der Waals surface area contributed by atoms with E-state index in [4.69, 9.17) is 14.5 Å². The summed E-state index contributed by atoms with van der Waals surface area (Å²) in [6.45, 7) is 11.8. The first-order valence-electron chi connectivity index (χ1n) is 10.2. The van der Waals surface area contributed by atoms with E-state index in [-0.39, 0.29) is 0 Å². The highest BCUT2D eigenvalue weighted by Crippen LogP contribution is 2.22. The van der Waals surface area contributed by atoms with Crippen LogP contribution in [0, 0.1) is 6.92 Å². The number of hydrogen-bond donors (Lipinski definition) is 2. The third kappa shape index (κ3) is 8.03. The zero-order chi connectivity index (χ0) is 21.1. The van der Waals surface area contributed by atoms with Gasteiger partial charge in [0, 0.05) is 43.5 Å². The molecule has 1 heterocycles. The molecule has 0 fully saturated rings. The number of ether oxygens (including phenoxy) is 2. The molecule has 2 aromatic rings. The van der Waals surface area contributed by atoms with Crippen LogP contribution in [0.2, 0.25) is 0 Å². The quantitative estimate of drug-likeness (QED) is 0.324. The van der Waals surface area contributed by atoms with Crippen molar-refractivity contribution < 1.29 is 9.47 Å². The molecule has 0 atom stereocenters. The SMILES string of the molecule is CCNC(=NCc1ccc(C)cc1OCCCOC)NCc1csc(C(C)C)n1. The maximum absolute atomic E-state index is 5.97. The second-order valence-corrected chi connectivity index (χ2v) is 8.08. The van der Waals surface area contributed by atoms with E-state index in [0.29, 0.717) is 32.2 Å². The molecule has 6 nitrogen and oxygen atoms in total. The van der Waals surface area contributed by atoms with Gasteiger partial charge >= 0.3 is 0 Å². The Kier molecular flexibility index (Phi) is 9.94. The summed E-state index contributed by atoms with van der Waals surface area (Å²) in [6, 6.07) is 6.25. The number of hydrogen-bond acceptors (Lipinski definition) is 5. The third-order valence-electron chi connectivity index (χ3n) is 4.23. The molecule has 0 aliphatic rings. The van der Waals surface area contributed by atoms with Crippen LogP contribution in [-0.2, 0) is 17.8 Å². The van der Waals surface area contributed by atoms with Crippen LogP contribution in [0.25, 0.3) is 0 Å². The highest BCUT2D eigenvalue weighted by molar-refractivity contribution is 7.09. The monoisotopic (exact) mass is 418 g/mol. The molecule has 0 aliphatic carbocycles. The fourth-order valence-electron chi connectivity index (χ4n) is 2.66. The summed E-state index contributed by atoms with van der Waals surface area (Å²) in [4.78, 5) is 9.42. The van der Waals surface area contributed by atoms with Crippen molar-refractivity contribution in [3.05, 3.63) is 45.4 Å². The van der Waals surface area contributed by atoms with Crippen molar-refractivity contribution in [3.8, 4) is 5.75 Å². The Labute approximate surface area is 178 Å². The molecule has 29 heavy (non-hydrogen) atoms. The van der Waals surface area contributed by atoms with Crippen LogP contribution in [-0.4, -0.2) is 37.8 Å². The van der Waals surface area contributed by atoms with Gasteiger partial charge in [0.25, 0.3) is 0 Å². The molecule has 0 saturated carbocycles. The van der Waals surface area contributed by atoms with Crippen LogP contribution in [0.4, 0.5) is 0 Å². The number of nitrogens with one attached hydrogen (secondary N) is 2. The van der Waals surface area contributed by atoms with Gasteiger partial charge in [-0.15, -0.1) is 11.3 Å². The van der Waals surface area contributed by atoms with Crippen LogP contribution < -0.4 is 15.4 Å². The van der Waals surface area contributed by atoms with Crippen molar-refractivity contribution >= 4 is 17.3 Å². The first kappa shape index (κ1) is 23.2. The van der Waals surface area contributed by atoms with Crippen LogP contribution in [0.1, 0.15) is 54.9 Å². The van der Waals surface area contributed by atoms with Gasteiger partial charge in [0.05, 0.1) is 30.4 Å². The van der Waals surface area contributed by atoms with E-state index in [2.05, 4.69) is 66.9 Å². The number of aliphatic imine (C=N–C) groups is 1. The van der Waals surface area contributed by atoms with E-state index in [1.165, 1.54) is 10.6 Å². The number of rotatable bonds is 11. The average Bonchev–Trinajstić information content (AvgIpc) is 3.18. The molecular formula is C22H34N4O2S. The van der Waals surface area contributed by atoms with Crippen LogP contribution in [0.5, 0.6) is 5.75 Å². The zero-order valence-electron chi connectivity index (χ0n) is 18.2. The van der Waals surface area contributed by atoms with Gasteiger partial charge < -0.3 is 20.1 Å². The summed E-state index contributed by atoms with van der Waals surface area (Å²) in [5.41, 5.74) is 3.29. The van der Waals surface area contributed by atoms with Crippen molar-refractivity contribution in [2.45, 2.75) is 53.1 Å². The first-order valence-corrected chi connectivity index (χ1v) is 11.1. The maximum Gasteiger partial charge on any atom is 0.191 e. The van der Waals surface area contributed by atoms with Crippen molar-refractivity contribution in [1.29, 1.82) is 0 Å². The van der Waals surface area contributed by atoms with E-state index < -0.39 is 0 Å². The summed E-state index contributed by atoms with van der Waals surface area (Å²) < 4.78 is 11.1. The molecule has 0 spiro atoms. The molecule has 1 aromatic heterocycles. The van der Waals surface area contributed by atoms with E-state index in [1.807, 2.05) is 0 Å². The van der Waals surface area contributed by atoms with Crippen LogP contribution >= 0.6 is 11.3 Å². The van der Waals surface area contributed by atoms with Gasteiger partial charge in [-0.2, -0.15) is 0 Å². The predicted molar refractivity (Wildman–Crippen MR) is 121 cm³/mol. The minimum Gasteiger partial charge on any atom is -0.493 e. The Morgan fingerprint density at radius 3 is 2.76 bits per heavy atom. The fourth-order valence-corrected chi connectivity index (χ4v) is 3.50. The normalized spacial score (nSPS) is 11.7. The summed E-state index contributed by atoms with van der Waals surface area (Å²) in [6.07, 6.45) is 0.864. The lowest BCUT2D eigenvalue weighted by atomic mass is 10.1.